The molecule has 0 amide bonds. The number of benzene rings is 1. The smallest absolute Gasteiger partial charge is 0.323 e. The van der Waals surface area contributed by atoms with Crippen LogP contribution in [-0.2, 0) is 19.1 Å². The second-order valence-electron chi connectivity index (χ2n) is 4.89. The number of halogens is 1. The molecule has 0 aliphatic carbocycles. The van der Waals surface area contributed by atoms with Gasteiger partial charge in [0.1, 0.15) is 5.41 Å². The minimum Gasteiger partial charge on any atom is -0.469 e. The fourth-order valence-corrected chi connectivity index (χ4v) is 1.83. The standard InChI is InChI=1S/C17H19ClO4/c1-4-22-16(20)17(2,12-10-15(19)21-3)11-9-13-5-7-14(18)8-6-13/h5-8H,4,10,12H2,1-3H3. The van der Waals surface area contributed by atoms with Crippen molar-refractivity contribution in [2.24, 2.45) is 5.41 Å². The van der Waals surface area contributed by atoms with Crippen LogP contribution in [0.15, 0.2) is 24.3 Å². The van der Waals surface area contributed by atoms with Crippen molar-refractivity contribution in [1.82, 2.24) is 0 Å². The molecule has 0 bridgehead atoms. The summed E-state index contributed by atoms with van der Waals surface area (Å²) in [5, 5.41) is 0.615. The number of methoxy groups -OCH3 is 1. The fourth-order valence-electron chi connectivity index (χ4n) is 1.70. The van der Waals surface area contributed by atoms with Gasteiger partial charge in [0.25, 0.3) is 0 Å². The second-order valence-corrected chi connectivity index (χ2v) is 5.32. The van der Waals surface area contributed by atoms with E-state index in [9.17, 15) is 9.59 Å². The number of carbonyl (C=O) groups is 2. The van der Waals surface area contributed by atoms with Gasteiger partial charge in [0.05, 0.1) is 13.7 Å². The normalized spacial score (nSPS) is 12.5. The number of ether oxygens (including phenoxy) is 2. The third-order valence-electron chi connectivity index (χ3n) is 3.11. The molecule has 1 aromatic rings. The van der Waals surface area contributed by atoms with Crippen LogP contribution in [0, 0.1) is 17.3 Å². The van der Waals surface area contributed by atoms with E-state index in [0.29, 0.717) is 5.02 Å². The summed E-state index contributed by atoms with van der Waals surface area (Å²) >= 11 is 5.82. The van der Waals surface area contributed by atoms with Crippen LogP contribution in [0.1, 0.15) is 32.3 Å². The van der Waals surface area contributed by atoms with Crippen molar-refractivity contribution in [2.75, 3.05) is 13.7 Å². The predicted molar refractivity (Wildman–Crippen MR) is 84.3 cm³/mol. The minimum absolute atomic E-state index is 0.0983. The first-order chi connectivity index (χ1) is 10.4. The van der Waals surface area contributed by atoms with E-state index < -0.39 is 11.4 Å². The molecule has 0 N–H and O–H groups in total. The summed E-state index contributed by atoms with van der Waals surface area (Å²) in [6, 6.07) is 6.98. The Morgan fingerprint density at radius 2 is 1.91 bits per heavy atom. The number of hydrogen-bond acceptors (Lipinski definition) is 4. The fraction of sp³-hybridized carbons (Fsp3) is 0.412. The van der Waals surface area contributed by atoms with Gasteiger partial charge in [0.2, 0.25) is 0 Å². The van der Waals surface area contributed by atoms with Gasteiger partial charge >= 0.3 is 11.9 Å². The van der Waals surface area contributed by atoms with Gasteiger partial charge < -0.3 is 9.47 Å². The van der Waals surface area contributed by atoms with Crippen molar-refractivity contribution in [3.8, 4) is 11.8 Å². The monoisotopic (exact) mass is 322 g/mol. The molecule has 118 valence electrons. The first-order valence-electron chi connectivity index (χ1n) is 6.94. The van der Waals surface area contributed by atoms with Gasteiger partial charge in [0, 0.05) is 17.0 Å². The average molecular weight is 323 g/mol. The Morgan fingerprint density at radius 1 is 1.27 bits per heavy atom. The first-order valence-corrected chi connectivity index (χ1v) is 7.32. The number of carbonyl (C=O) groups excluding carboxylic acids is 2. The van der Waals surface area contributed by atoms with Crippen LogP contribution >= 0.6 is 11.6 Å². The molecule has 1 atom stereocenters. The molecule has 0 saturated carbocycles. The Kier molecular flexibility index (Phi) is 6.94. The van der Waals surface area contributed by atoms with Crippen LogP contribution in [-0.4, -0.2) is 25.7 Å². The van der Waals surface area contributed by atoms with Gasteiger partial charge in [-0.05, 0) is 44.5 Å². The molecule has 0 aromatic heterocycles. The van der Waals surface area contributed by atoms with E-state index in [1.165, 1.54) is 7.11 Å². The highest BCUT2D eigenvalue weighted by Gasteiger charge is 2.33. The van der Waals surface area contributed by atoms with Gasteiger partial charge in [0.15, 0.2) is 0 Å². The molecule has 0 radical (unpaired) electrons. The van der Waals surface area contributed by atoms with Crippen LogP contribution in [0.5, 0.6) is 0 Å². The zero-order valence-corrected chi connectivity index (χ0v) is 13.7. The van der Waals surface area contributed by atoms with E-state index in [0.717, 1.165) is 5.56 Å². The van der Waals surface area contributed by atoms with Crippen molar-refractivity contribution < 1.29 is 19.1 Å². The average Bonchev–Trinajstić information content (AvgIpc) is 2.52. The molecule has 1 unspecified atom stereocenters. The predicted octanol–water partition coefficient (Wildman–Crippen LogP) is 3.21. The number of esters is 2. The third-order valence-corrected chi connectivity index (χ3v) is 3.36. The number of rotatable bonds is 5. The summed E-state index contributed by atoms with van der Waals surface area (Å²) in [5.74, 6) is 5.02. The van der Waals surface area contributed by atoms with Crippen LogP contribution in [0.3, 0.4) is 0 Å². The molecule has 5 heteroatoms. The van der Waals surface area contributed by atoms with Crippen molar-refractivity contribution in [2.45, 2.75) is 26.7 Å². The molecule has 1 aromatic carbocycles. The number of hydrogen-bond donors (Lipinski definition) is 0. The molecule has 0 heterocycles. The maximum atomic E-state index is 12.1. The van der Waals surface area contributed by atoms with E-state index in [1.807, 2.05) is 0 Å². The molecule has 0 fully saturated rings. The summed E-state index contributed by atoms with van der Waals surface area (Å²) in [7, 11) is 1.31. The van der Waals surface area contributed by atoms with E-state index in [1.54, 1.807) is 38.1 Å². The van der Waals surface area contributed by atoms with Gasteiger partial charge in [-0.15, -0.1) is 0 Å². The SMILES string of the molecule is CCOC(=O)C(C)(C#Cc1ccc(Cl)cc1)CCC(=O)OC. The van der Waals surface area contributed by atoms with Gasteiger partial charge in [-0.25, -0.2) is 0 Å². The van der Waals surface area contributed by atoms with E-state index in [4.69, 9.17) is 16.3 Å². The summed E-state index contributed by atoms with van der Waals surface area (Å²) < 4.78 is 9.67. The van der Waals surface area contributed by atoms with Crippen molar-refractivity contribution in [3.05, 3.63) is 34.9 Å². The third kappa shape index (κ3) is 5.42. The molecule has 4 nitrogen and oxygen atoms in total. The van der Waals surface area contributed by atoms with Crippen LogP contribution in [0.25, 0.3) is 0 Å². The second kappa shape index (κ2) is 8.45. The Morgan fingerprint density at radius 3 is 2.45 bits per heavy atom. The lowest BCUT2D eigenvalue weighted by molar-refractivity contribution is -0.152. The molecule has 0 aliphatic heterocycles. The molecule has 0 saturated heterocycles. The minimum atomic E-state index is -1.07. The van der Waals surface area contributed by atoms with Crippen molar-refractivity contribution >= 4 is 23.5 Å². The zero-order valence-electron chi connectivity index (χ0n) is 12.9. The summed E-state index contributed by atoms with van der Waals surface area (Å²) in [5.41, 5.74) is -0.331. The summed E-state index contributed by atoms with van der Waals surface area (Å²) in [4.78, 5) is 23.5. The maximum absolute atomic E-state index is 12.1. The summed E-state index contributed by atoms with van der Waals surface area (Å²) in [6.45, 7) is 3.65. The maximum Gasteiger partial charge on any atom is 0.323 e. The highest BCUT2D eigenvalue weighted by atomic mass is 35.5. The largest absolute Gasteiger partial charge is 0.469 e. The van der Waals surface area contributed by atoms with Gasteiger partial charge in [-0.1, -0.05) is 23.4 Å². The topological polar surface area (TPSA) is 52.6 Å². The van der Waals surface area contributed by atoms with E-state index >= 15 is 0 Å². The Balaban J connectivity index is 2.97. The summed E-state index contributed by atoms with van der Waals surface area (Å²) in [6.07, 6.45) is 0.334. The molecular formula is C17H19ClO4. The van der Waals surface area contributed by atoms with E-state index in [2.05, 4.69) is 16.6 Å². The molecule has 22 heavy (non-hydrogen) atoms. The Bertz CT molecular complexity index is 583. The highest BCUT2D eigenvalue weighted by molar-refractivity contribution is 6.30. The molecule has 0 aliphatic rings. The highest BCUT2D eigenvalue weighted by Crippen LogP contribution is 2.25. The Hall–Kier alpha value is -1.99. The quantitative estimate of drug-likeness (QED) is 0.617. The Labute approximate surface area is 135 Å². The van der Waals surface area contributed by atoms with Gasteiger partial charge in [-0.3, -0.25) is 9.59 Å². The zero-order chi connectivity index (χ0) is 16.6. The lowest BCUT2D eigenvalue weighted by Gasteiger charge is -2.20. The van der Waals surface area contributed by atoms with Crippen LogP contribution in [0.4, 0.5) is 0 Å². The molecule has 0 spiro atoms. The van der Waals surface area contributed by atoms with Gasteiger partial charge in [-0.2, -0.15) is 0 Å². The first kappa shape index (κ1) is 18.1. The molecular weight excluding hydrogens is 304 g/mol. The van der Waals surface area contributed by atoms with Crippen molar-refractivity contribution in [3.63, 3.8) is 0 Å². The lowest BCUT2D eigenvalue weighted by Crippen LogP contribution is -2.29. The van der Waals surface area contributed by atoms with Crippen LogP contribution < -0.4 is 0 Å². The lowest BCUT2D eigenvalue weighted by atomic mass is 9.85. The van der Waals surface area contributed by atoms with Crippen LogP contribution in [0.2, 0.25) is 5.02 Å². The van der Waals surface area contributed by atoms with E-state index in [-0.39, 0.29) is 25.4 Å². The molecule has 1 rings (SSSR count). The van der Waals surface area contributed by atoms with Crippen molar-refractivity contribution in [1.29, 1.82) is 0 Å².